The molecule has 1 aliphatic carbocycles. The van der Waals surface area contributed by atoms with E-state index in [1.54, 1.807) is 12.1 Å². The van der Waals surface area contributed by atoms with E-state index < -0.39 is 10.0 Å². The van der Waals surface area contributed by atoms with Gasteiger partial charge in [0.2, 0.25) is 15.9 Å². The molecule has 1 heterocycles. The Balaban J connectivity index is 1.50. The number of rotatable bonds is 12. The molecule has 0 aromatic heterocycles. The summed E-state index contributed by atoms with van der Waals surface area (Å²) in [6.07, 6.45) is 11.3. The number of carbonyl (C=O) groups is 2. The van der Waals surface area contributed by atoms with E-state index in [0.29, 0.717) is 31.4 Å². The normalized spacial score (nSPS) is 23.5. The average Bonchev–Trinajstić information content (AvgIpc) is 2.88. The van der Waals surface area contributed by atoms with Crippen LogP contribution in [0.1, 0.15) is 94.3 Å². The Morgan fingerprint density at radius 1 is 0.886 bits per heavy atom. The van der Waals surface area contributed by atoms with Gasteiger partial charge in [-0.3, -0.25) is 9.59 Å². The van der Waals surface area contributed by atoms with E-state index in [2.05, 4.69) is 17.6 Å². The lowest BCUT2D eigenvalue weighted by molar-refractivity contribution is -0.127. The lowest BCUT2D eigenvalue weighted by atomic mass is 9.89. The molecule has 7 nitrogen and oxygen atoms in total. The van der Waals surface area contributed by atoms with Gasteiger partial charge in [0.25, 0.3) is 5.91 Å². The van der Waals surface area contributed by atoms with Crippen LogP contribution in [-0.2, 0) is 14.8 Å². The van der Waals surface area contributed by atoms with Crippen LogP contribution in [0.2, 0.25) is 0 Å². The number of hydrogen-bond donors (Lipinski definition) is 2. The van der Waals surface area contributed by atoms with Crippen molar-refractivity contribution in [3.8, 4) is 0 Å². The number of nitrogens with zero attached hydrogens (tertiary/aromatic N) is 1. The average molecular weight is 506 g/mol. The van der Waals surface area contributed by atoms with Crippen molar-refractivity contribution in [3.05, 3.63) is 35.9 Å². The SMILES string of the molecule is CCCCCCCCS(=O)(=O)N1CCCC(C(=O)N[C@@H]2CCCC[C@H]2NC(=O)c2ccccc2)C1. The van der Waals surface area contributed by atoms with Gasteiger partial charge in [-0.1, -0.05) is 70.1 Å². The summed E-state index contributed by atoms with van der Waals surface area (Å²) in [5.74, 6) is -0.379. The van der Waals surface area contributed by atoms with Crippen LogP contribution in [0.4, 0.5) is 0 Å². The zero-order valence-electron chi connectivity index (χ0n) is 21.2. The molecule has 2 fully saturated rings. The van der Waals surface area contributed by atoms with Crippen LogP contribution >= 0.6 is 0 Å². The predicted octanol–water partition coefficient (Wildman–Crippen LogP) is 4.25. The molecule has 1 saturated heterocycles. The first kappa shape index (κ1) is 27.7. The van der Waals surface area contributed by atoms with Gasteiger partial charge >= 0.3 is 0 Å². The van der Waals surface area contributed by atoms with Crippen LogP contribution in [0.15, 0.2) is 30.3 Å². The van der Waals surface area contributed by atoms with E-state index in [0.717, 1.165) is 44.9 Å². The van der Waals surface area contributed by atoms with Gasteiger partial charge in [-0.05, 0) is 44.2 Å². The summed E-state index contributed by atoms with van der Waals surface area (Å²) in [5.41, 5.74) is 0.613. The number of benzene rings is 1. The summed E-state index contributed by atoms with van der Waals surface area (Å²) in [7, 11) is -3.34. The fourth-order valence-electron chi connectivity index (χ4n) is 5.22. The van der Waals surface area contributed by atoms with Gasteiger partial charge in [0, 0.05) is 30.7 Å². The van der Waals surface area contributed by atoms with Crippen LogP contribution in [0.3, 0.4) is 0 Å². The molecule has 1 saturated carbocycles. The predicted molar refractivity (Wildman–Crippen MR) is 140 cm³/mol. The molecule has 3 rings (SSSR count). The van der Waals surface area contributed by atoms with Gasteiger partial charge in [-0.2, -0.15) is 0 Å². The van der Waals surface area contributed by atoms with Gasteiger partial charge < -0.3 is 10.6 Å². The van der Waals surface area contributed by atoms with E-state index in [4.69, 9.17) is 0 Å². The summed E-state index contributed by atoms with van der Waals surface area (Å²) < 4.78 is 27.3. The van der Waals surface area contributed by atoms with Crippen molar-refractivity contribution >= 4 is 21.8 Å². The molecule has 1 aromatic rings. The van der Waals surface area contributed by atoms with E-state index >= 15 is 0 Å². The Labute approximate surface area is 211 Å². The van der Waals surface area contributed by atoms with Crippen LogP contribution in [-0.4, -0.2) is 55.5 Å². The first-order chi connectivity index (χ1) is 16.9. The van der Waals surface area contributed by atoms with Crippen molar-refractivity contribution in [2.45, 2.75) is 96.1 Å². The fourth-order valence-corrected chi connectivity index (χ4v) is 6.86. The molecule has 2 aliphatic rings. The highest BCUT2D eigenvalue weighted by atomic mass is 32.2. The standard InChI is InChI=1S/C27H43N3O4S/c1-2-3-4-5-6-12-20-35(33,34)30-19-13-16-23(21-30)27(32)29-25-18-11-10-17-24(25)28-26(31)22-14-8-7-9-15-22/h7-9,14-15,23-25H,2-6,10-13,16-21H2,1H3,(H,28,31)(H,29,32)/t23?,24-,25-/m1/s1. The molecule has 2 amide bonds. The maximum atomic E-state index is 13.2. The van der Waals surface area contributed by atoms with Crippen LogP contribution < -0.4 is 10.6 Å². The van der Waals surface area contributed by atoms with E-state index in [1.165, 1.54) is 17.1 Å². The van der Waals surface area contributed by atoms with Crippen LogP contribution in [0.5, 0.6) is 0 Å². The molecule has 3 atom stereocenters. The van der Waals surface area contributed by atoms with Crippen molar-refractivity contribution in [2.75, 3.05) is 18.8 Å². The third kappa shape index (κ3) is 8.60. The summed E-state index contributed by atoms with van der Waals surface area (Å²) >= 11 is 0. The summed E-state index contributed by atoms with van der Waals surface area (Å²) in [4.78, 5) is 25.8. The topological polar surface area (TPSA) is 95.6 Å². The van der Waals surface area contributed by atoms with Gasteiger partial charge in [-0.15, -0.1) is 0 Å². The first-order valence-corrected chi connectivity index (χ1v) is 15.2. The third-order valence-electron chi connectivity index (χ3n) is 7.35. The van der Waals surface area contributed by atoms with Crippen molar-refractivity contribution < 1.29 is 18.0 Å². The maximum absolute atomic E-state index is 13.2. The molecule has 8 heteroatoms. The van der Waals surface area contributed by atoms with Gasteiger partial charge in [-0.25, -0.2) is 12.7 Å². The molecule has 196 valence electrons. The Morgan fingerprint density at radius 2 is 1.54 bits per heavy atom. The molecular formula is C27H43N3O4S. The number of sulfonamides is 1. The Hall–Kier alpha value is -1.93. The largest absolute Gasteiger partial charge is 0.351 e. The zero-order chi connectivity index (χ0) is 25.1. The lowest BCUT2D eigenvalue weighted by Gasteiger charge is -2.36. The highest BCUT2D eigenvalue weighted by Gasteiger charge is 2.35. The quantitative estimate of drug-likeness (QED) is 0.415. The highest BCUT2D eigenvalue weighted by molar-refractivity contribution is 7.89. The number of piperidine rings is 1. The second-order valence-electron chi connectivity index (χ2n) is 10.1. The second kappa shape index (κ2) is 14.0. The molecular weight excluding hydrogens is 462 g/mol. The third-order valence-corrected chi connectivity index (χ3v) is 9.27. The molecule has 0 bridgehead atoms. The summed E-state index contributed by atoms with van der Waals surface area (Å²) in [6.45, 7) is 2.93. The molecule has 0 spiro atoms. The van der Waals surface area contributed by atoms with Crippen molar-refractivity contribution in [3.63, 3.8) is 0 Å². The number of hydrogen-bond acceptors (Lipinski definition) is 4. The molecule has 35 heavy (non-hydrogen) atoms. The Bertz CT molecular complexity index is 906. The van der Waals surface area contributed by atoms with E-state index in [-0.39, 0.29) is 42.1 Å². The first-order valence-electron chi connectivity index (χ1n) is 13.5. The van der Waals surface area contributed by atoms with Gasteiger partial charge in [0.05, 0.1) is 11.7 Å². The Kier molecular flexibility index (Phi) is 11.0. The molecule has 2 N–H and O–H groups in total. The van der Waals surface area contributed by atoms with Gasteiger partial charge in [0.15, 0.2) is 0 Å². The summed E-state index contributed by atoms with van der Waals surface area (Å²) in [5, 5.41) is 6.27. The van der Waals surface area contributed by atoms with Crippen molar-refractivity contribution in [1.29, 1.82) is 0 Å². The van der Waals surface area contributed by atoms with Crippen LogP contribution in [0.25, 0.3) is 0 Å². The number of amides is 2. The Morgan fingerprint density at radius 3 is 2.26 bits per heavy atom. The number of unbranched alkanes of at least 4 members (excludes halogenated alkanes) is 5. The van der Waals surface area contributed by atoms with E-state index in [1.807, 2.05) is 18.2 Å². The van der Waals surface area contributed by atoms with Crippen LogP contribution in [0, 0.1) is 5.92 Å². The maximum Gasteiger partial charge on any atom is 0.251 e. The summed E-state index contributed by atoms with van der Waals surface area (Å²) in [6, 6.07) is 8.88. The second-order valence-corrected chi connectivity index (χ2v) is 12.2. The number of nitrogens with one attached hydrogen (secondary N) is 2. The minimum atomic E-state index is -3.34. The minimum absolute atomic E-state index is 0.0877. The zero-order valence-corrected chi connectivity index (χ0v) is 22.0. The highest BCUT2D eigenvalue weighted by Crippen LogP contribution is 2.23. The monoisotopic (exact) mass is 505 g/mol. The minimum Gasteiger partial charge on any atom is -0.351 e. The fraction of sp³-hybridized carbons (Fsp3) is 0.704. The molecule has 1 aromatic carbocycles. The van der Waals surface area contributed by atoms with Crippen molar-refractivity contribution in [2.24, 2.45) is 5.92 Å². The molecule has 1 aliphatic heterocycles. The lowest BCUT2D eigenvalue weighted by Crippen LogP contribution is -2.55. The van der Waals surface area contributed by atoms with Crippen molar-refractivity contribution in [1.82, 2.24) is 14.9 Å². The van der Waals surface area contributed by atoms with E-state index in [9.17, 15) is 18.0 Å². The number of carbonyl (C=O) groups excluding carboxylic acids is 2. The molecule has 1 unspecified atom stereocenters. The molecule has 0 radical (unpaired) electrons. The van der Waals surface area contributed by atoms with Gasteiger partial charge in [0.1, 0.15) is 0 Å². The smallest absolute Gasteiger partial charge is 0.251 e.